The fourth-order valence-corrected chi connectivity index (χ4v) is 6.26. The van der Waals surface area contributed by atoms with Crippen molar-refractivity contribution in [3.63, 3.8) is 0 Å². The van der Waals surface area contributed by atoms with Crippen LogP contribution in [0.25, 0.3) is 10.2 Å². The van der Waals surface area contributed by atoms with E-state index in [1.165, 1.54) is 51.4 Å². The first-order chi connectivity index (χ1) is 17.7. The van der Waals surface area contributed by atoms with Gasteiger partial charge in [0.25, 0.3) is 0 Å². The molecule has 0 unspecified atom stereocenters. The first kappa shape index (κ1) is 23.4. The van der Waals surface area contributed by atoms with Gasteiger partial charge >= 0.3 is 6.09 Å². The number of rotatable bonds is 7. The lowest BCUT2D eigenvalue weighted by molar-refractivity contribution is 0.181. The number of anilines is 4. The number of amides is 1. The lowest BCUT2D eigenvalue weighted by atomic mass is 9.96. The van der Waals surface area contributed by atoms with Gasteiger partial charge in [-0.2, -0.15) is 4.98 Å². The van der Waals surface area contributed by atoms with E-state index in [4.69, 9.17) is 19.7 Å². The third kappa shape index (κ3) is 5.39. The summed E-state index contributed by atoms with van der Waals surface area (Å²) >= 11 is 1.56. The number of carbonyl (C=O) groups excluding carboxylic acids is 1. The minimum Gasteiger partial charge on any atom is -0.447 e. The largest absolute Gasteiger partial charge is 0.447 e. The van der Waals surface area contributed by atoms with Crippen LogP contribution in [-0.4, -0.2) is 58.2 Å². The van der Waals surface area contributed by atoms with Gasteiger partial charge in [-0.3, -0.25) is 9.80 Å². The van der Waals surface area contributed by atoms with Gasteiger partial charge in [0.2, 0.25) is 5.95 Å². The molecule has 1 aromatic carbocycles. The summed E-state index contributed by atoms with van der Waals surface area (Å²) in [7, 11) is 0. The van der Waals surface area contributed by atoms with E-state index in [2.05, 4.69) is 21.6 Å². The van der Waals surface area contributed by atoms with Crippen LogP contribution in [0, 0.1) is 0 Å². The molecule has 3 fully saturated rings. The third-order valence-electron chi connectivity index (χ3n) is 7.23. The molecule has 3 aliphatic rings. The molecule has 3 aromatic rings. The van der Waals surface area contributed by atoms with Crippen molar-refractivity contribution in [2.45, 2.75) is 64.0 Å². The number of hydrogen-bond donors (Lipinski definition) is 2. The van der Waals surface area contributed by atoms with Crippen molar-refractivity contribution in [2.75, 3.05) is 41.8 Å². The molecule has 2 aromatic heterocycles. The first-order valence-corrected chi connectivity index (χ1v) is 14.0. The second-order valence-electron chi connectivity index (χ2n) is 9.95. The Bertz CT molecular complexity index is 1180. The molecule has 0 radical (unpaired) electrons. The molecule has 10 heteroatoms. The number of cyclic esters (lactones) is 1. The number of carbonyl (C=O) groups is 1. The molecule has 0 bridgehead atoms. The quantitative estimate of drug-likeness (QED) is 0.432. The van der Waals surface area contributed by atoms with E-state index in [0.717, 1.165) is 52.2 Å². The van der Waals surface area contributed by atoms with Gasteiger partial charge in [-0.15, -0.1) is 0 Å². The van der Waals surface area contributed by atoms with Crippen LogP contribution < -0.4 is 15.5 Å². The molecule has 1 amide bonds. The third-order valence-corrected chi connectivity index (χ3v) is 8.16. The van der Waals surface area contributed by atoms with Crippen LogP contribution in [0.15, 0.2) is 24.3 Å². The average Bonchev–Trinajstić information content (AvgIpc) is 3.50. The standard InChI is InChI=1S/C26H33N7O2S/c34-26-33(13-14-35-26)20-9-10-21-22(16-20)36-25(29-21)31-23-15-19(17-32-11-5-2-6-12-32)28-24(30-23)27-18-7-3-1-4-8-18/h9-10,15-16,18H,1-8,11-14,17H2,(H2,27,28,29,30,31). The zero-order valence-electron chi connectivity index (χ0n) is 20.5. The van der Waals surface area contributed by atoms with E-state index in [1.54, 1.807) is 16.2 Å². The Labute approximate surface area is 215 Å². The van der Waals surface area contributed by atoms with Crippen molar-refractivity contribution in [1.29, 1.82) is 0 Å². The number of nitrogens with zero attached hydrogens (tertiary/aromatic N) is 5. The Morgan fingerprint density at radius 3 is 2.61 bits per heavy atom. The van der Waals surface area contributed by atoms with Crippen molar-refractivity contribution in [3.05, 3.63) is 30.0 Å². The number of piperidine rings is 1. The fourth-order valence-electron chi connectivity index (χ4n) is 5.36. The van der Waals surface area contributed by atoms with E-state index in [0.29, 0.717) is 25.1 Å². The second-order valence-corrected chi connectivity index (χ2v) is 11.0. The summed E-state index contributed by atoms with van der Waals surface area (Å²) in [6.07, 6.45) is 9.73. The van der Waals surface area contributed by atoms with Crippen LogP contribution >= 0.6 is 11.3 Å². The summed E-state index contributed by atoms with van der Waals surface area (Å²) in [6.45, 7) is 4.10. The van der Waals surface area contributed by atoms with E-state index >= 15 is 0 Å². The molecule has 2 aliphatic heterocycles. The molecule has 6 rings (SSSR count). The lowest BCUT2D eigenvalue weighted by Crippen LogP contribution is -2.30. The number of fused-ring (bicyclic) bond motifs is 1. The maximum absolute atomic E-state index is 12.0. The van der Waals surface area contributed by atoms with Crippen molar-refractivity contribution in [2.24, 2.45) is 0 Å². The molecular weight excluding hydrogens is 474 g/mol. The normalized spacial score (nSPS) is 19.6. The maximum Gasteiger partial charge on any atom is 0.414 e. The molecule has 190 valence electrons. The summed E-state index contributed by atoms with van der Waals surface area (Å²) in [5.41, 5.74) is 2.76. The van der Waals surface area contributed by atoms with Crippen molar-refractivity contribution < 1.29 is 9.53 Å². The number of benzene rings is 1. The summed E-state index contributed by atoms with van der Waals surface area (Å²) in [5, 5.41) is 7.82. The Balaban J connectivity index is 1.24. The highest BCUT2D eigenvalue weighted by Crippen LogP contribution is 2.32. The van der Waals surface area contributed by atoms with Crippen molar-refractivity contribution >= 4 is 50.2 Å². The monoisotopic (exact) mass is 507 g/mol. The zero-order chi connectivity index (χ0) is 24.3. The average molecular weight is 508 g/mol. The van der Waals surface area contributed by atoms with Gasteiger partial charge in [0.05, 0.1) is 22.5 Å². The predicted molar refractivity (Wildman–Crippen MR) is 143 cm³/mol. The molecule has 2 saturated heterocycles. The summed E-state index contributed by atoms with van der Waals surface area (Å²) in [6, 6.07) is 8.37. The summed E-state index contributed by atoms with van der Waals surface area (Å²) < 4.78 is 6.10. The van der Waals surface area contributed by atoms with Gasteiger partial charge in [0, 0.05) is 24.3 Å². The molecule has 1 aliphatic carbocycles. The van der Waals surface area contributed by atoms with Crippen LogP contribution in [0.2, 0.25) is 0 Å². The van der Waals surface area contributed by atoms with Gasteiger partial charge in [0.15, 0.2) is 5.13 Å². The van der Waals surface area contributed by atoms with Crippen LogP contribution in [0.1, 0.15) is 57.1 Å². The topological polar surface area (TPSA) is 95.5 Å². The molecule has 0 atom stereocenters. The van der Waals surface area contributed by atoms with Crippen LogP contribution in [-0.2, 0) is 11.3 Å². The van der Waals surface area contributed by atoms with Crippen LogP contribution in [0.5, 0.6) is 0 Å². The van der Waals surface area contributed by atoms with Crippen molar-refractivity contribution in [1.82, 2.24) is 19.9 Å². The van der Waals surface area contributed by atoms with E-state index < -0.39 is 0 Å². The van der Waals surface area contributed by atoms with Gasteiger partial charge < -0.3 is 15.4 Å². The van der Waals surface area contributed by atoms with E-state index in [9.17, 15) is 4.79 Å². The first-order valence-electron chi connectivity index (χ1n) is 13.2. The number of nitrogens with one attached hydrogen (secondary N) is 2. The van der Waals surface area contributed by atoms with Gasteiger partial charge in [-0.05, 0) is 57.0 Å². The van der Waals surface area contributed by atoms with E-state index in [1.807, 2.05) is 18.2 Å². The second kappa shape index (κ2) is 10.6. The summed E-state index contributed by atoms with van der Waals surface area (Å²) in [5.74, 6) is 1.47. The molecular formula is C26H33N7O2S. The van der Waals surface area contributed by atoms with Gasteiger partial charge in [-0.1, -0.05) is 37.0 Å². The molecule has 36 heavy (non-hydrogen) atoms. The Kier molecular flexibility index (Phi) is 6.87. The SMILES string of the molecule is O=C1OCCN1c1ccc2nc(Nc3cc(CN4CCCCC4)nc(NC4CCCCC4)n3)sc2c1. The van der Waals surface area contributed by atoms with Crippen LogP contribution in [0.3, 0.4) is 0 Å². The highest BCUT2D eigenvalue weighted by atomic mass is 32.1. The number of hydrogen-bond acceptors (Lipinski definition) is 9. The molecule has 2 N–H and O–H groups in total. The highest BCUT2D eigenvalue weighted by Gasteiger charge is 2.24. The summed E-state index contributed by atoms with van der Waals surface area (Å²) in [4.78, 5) is 30.6. The number of ether oxygens (including phenoxy) is 1. The number of likely N-dealkylation sites (tertiary alicyclic amines) is 1. The Hall–Kier alpha value is -2.98. The fraction of sp³-hybridized carbons (Fsp3) is 0.538. The Morgan fingerprint density at radius 1 is 0.972 bits per heavy atom. The van der Waals surface area contributed by atoms with Gasteiger partial charge in [-0.25, -0.2) is 14.8 Å². The molecule has 0 spiro atoms. The molecule has 1 saturated carbocycles. The smallest absolute Gasteiger partial charge is 0.414 e. The number of aromatic nitrogens is 3. The van der Waals surface area contributed by atoms with Crippen molar-refractivity contribution in [3.8, 4) is 0 Å². The van der Waals surface area contributed by atoms with E-state index in [-0.39, 0.29) is 6.09 Å². The highest BCUT2D eigenvalue weighted by molar-refractivity contribution is 7.22. The maximum atomic E-state index is 12.0. The van der Waals surface area contributed by atoms with Gasteiger partial charge in [0.1, 0.15) is 12.4 Å². The minimum atomic E-state index is -0.294. The zero-order valence-corrected chi connectivity index (χ0v) is 21.4. The molecule has 4 heterocycles. The predicted octanol–water partition coefficient (Wildman–Crippen LogP) is 5.52. The molecule has 9 nitrogen and oxygen atoms in total. The Morgan fingerprint density at radius 2 is 1.81 bits per heavy atom. The lowest BCUT2D eigenvalue weighted by Gasteiger charge is -2.27. The van der Waals surface area contributed by atoms with Crippen LogP contribution in [0.4, 0.5) is 27.4 Å². The minimum absolute atomic E-state index is 0.294. The number of thiazole rings is 1.